The van der Waals surface area contributed by atoms with Gasteiger partial charge in [0, 0.05) is 56.3 Å². The molecule has 0 unspecified atom stereocenters. The number of nitrogens with one attached hydrogen (secondary N) is 4. The molecular weight excluding hydrogens is 1130 g/mol. The van der Waals surface area contributed by atoms with Gasteiger partial charge in [-0.25, -0.2) is 0 Å². The summed E-state index contributed by atoms with van der Waals surface area (Å²) in [6.07, 6.45) is -13.0. The van der Waals surface area contributed by atoms with E-state index in [9.17, 15) is 74.4 Å². The first-order chi connectivity index (χ1) is 41.6. The minimum absolute atomic E-state index is 0.0127. The zero-order chi connectivity index (χ0) is 64.3. The van der Waals surface area contributed by atoms with Crippen molar-refractivity contribution in [2.75, 3.05) is 53.9 Å². The summed E-state index contributed by atoms with van der Waals surface area (Å²) in [7, 11) is 5.69. The lowest BCUT2D eigenvalue weighted by Crippen LogP contribution is -2.63. The van der Waals surface area contributed by atoms with Crippen molar-refractivity contribution in [1.29, 1.82) is 0 Å². The van der Waals surface area contributed by atoms with Crippen LogP contribution in [0.5, 0.6) is 11.5 Å². The number of likely N-dealkylation sites (N-methyl/N-ethyl adjacent to an activating group) is 1. The van der Waals surface area contributed by atoms with Crippen LogP contribution in [0.15, 0.2) is 97.1 Å². The number of ketones is 2. The average Bonchev–Trinajstić information content (AvgIpc) is 2.08. The van der Waals surface area contributed by atoms with Gasteiger partial charge in [0.05, 0.1) is 82.9 Å². The number of unbranched alkanes of at least 4 members (excludes halogenated alkanes) is 2. The highest BCUT2D eigenvalue weighted by molar-refractivity contribution is 6.01. The average molecular weight is 1220 g/mol. The van der Waals surface area contributed by atoms with E-state index < -0.39 is 164 Å². The standard InChI is InChI=1S/C65H87N7O16/c1-8-9-10-29-88-48-25-21-42(22-26-48)40-13-11-39(12-14-40)41-15-17-43(18-16-41)51(77)30-45-31-53(79)60(66-27-28-72(5,6)7)69-63(85)56-57(80)36(2)34-71(56)65(87)55(38(4)74)68-62(84)49(59(82)58(81)44-19-23-46(75)24-20-44)33-52(78)50-32-47(76)35-70(50)64(86)54(37(3)73)67-61(45)83/h11-26,36-38,45,47,49-50,53-60,66,73-74,76,79-82H,8-10,27-35H2,1-7H3,(H3-,67,68,69,75,83,84,85)/p+1/t36-,37+,38+,45-,47+,49-,50-,53+,54-,55-,56-,57-,58-,59-,60-/m0/s1. The Morgan fingerprint density at radius 3 is 1.80 bits per heavy atom. The summed E-state index contributed by atoms with van der Waals surface area (Å²) in [5.41, 5.74) is 3.76. The Kier molecular flexibility index (Phi) is 23.6. The van der Waals surface area contributed by atoms with E-state index in [1.807, 2.05) is 69.7 Å². The van der Waals surface area contributed by atoms with Crippen LogP contribution in [0.25, 0.3) is 22.3 Å². The molecule has 3 heterocycles. The molecule has 5 amide bonds. The number of quaternary nitrogens is 1. The fraction of sp³-hybridized carbons (Fsp3) is 0.523. The van der Waals surface area contributed by atoms with Crippen LogP contribution in [0, 0.1) is 17.8 Å². The second-order valence-corrected chi connectivity index (χ2v) is 24.9. The first-order valence-electron chi connectivity index (χ1n) is 30.3. The van der Waals surface area contributed by atoms with Crippen LogP contribution in [-0.2, 0) is 28.8 Å². The first-order valence-corrected chi connectivity index (χ1v) is 30.3. The van der Waals surface area contributed by atoms with Crippen molar-refractivity contribution in [1.82, 2.24) is 31.1 Å². The summed E-state index contributed by atoms with van der Waals surface area (Å²) in [6, 6.07) is 20.2. The number of ether oxygens (including phenoxy) is 1. The number of rotatable bonds is 19. The molecule has 0 radical (unpaired) electrons. The second kappa shape index (κ2) is 30.3. The zero-order valence-corrected chi connectivity index (χ0v) is 51.1. The molecule has 3 aliphatic heterocycles. The molecule has 88 heavy (non-hydrogen) atoms. The van der Waals surface area contributed by atoms with E-state index in [0.717, 1.165) is 64.0 Å². The van der Waals surface area contributed by atoms with Gasteiger partial charge in [-0.1, -0.05) is 99.5 Å². The van der Waals surface area contributed by atoms with Gasteiger partial charge in [0.15, 0.2) is 11.6 Å². The van der Waals surface area contributed by atoms with Crippen LogP contribution < -0.4 is 26.0 Å². The quantitative estimate of drug-likeness (QED) is 0.0360. The lowest BCUT2D eigenvalue weighted by molar-refractivity contribution is -0.869. The van der Waals surface area contributed by atoms with Crippen molar-refractivity contribution in [2.45, 2.75) is 146 Å². The van der Waals surface area contributed by atoms with Crippen LogP contribution in [0.2, 0.25) is 0 Å². The third-order valence-electron chi connectivity index (χ3n) is 16.8. The zero-order valence-electron chi connectivity index (χ0n) is 51.1. The van der Waals surface area contributed by atoms with Crippen molar-refractivity contribution in [3.8, 4) is 33.8 Å². The van der Waals surface area contributed by atoms with Gasteiger partial charge in [-0.3, -0.25) is 38.9 Å². The molecule has 0 aromatic heterocycles. The molecule has 0 bridgehead atoms. The van der Waals surface area contributed by atoms with Crippen LogP contribution >= 0.6 is 0 Å². The number of hydrogen-bond acceptors (Lipinski definition) is 17. The normalized spacial score (nSPS) is 26.8. The van der Waals surface area contributed by atoms with E-state index in [1.54, 1.807) is 31.2 Å². The van der Waals surface area contributed by atoms with Crippen molar-refractivity contribution in [3.05, 3.63) is 108 Å². The first kappa shape index (κ1) is 68.3. The Morgan fingerprint density at radius 2 is 1.24 bits per heavy atom. The molecule has 3 aliphatic rings. The fourth-order valence-electron chi connectivity index (χ4n) is 11.5. The number of aliphatic hydroxyl groups is 7. The molecule has 4 aromatic rings. The summed E-state index contributed by atoms with van der Waals surface area (Å²) >= 11 is 0. The van der Waals surface area contributed by atoms with Crippen molar-refractivity contribution in [2.24, 2.45) is 17.8 Å². The predicted octanol–water partition coefficient (Wildman–Crippen LogP) is 1.56. The second-order valence-electron chi connectivity index (χ2n) is 24.9. The largest absolute Gasteiger partial charge is 0.508 e. The number of amides is 5. The maximum Gasteiger partial charge on any atom is 0.248 e. The molecule has 0 saturated carbocycles. The maximum absolute atomic E-state index is 14.9. The molecule has 3 saturated heterocycles. The summed E-state index contributed by atoms with van der Waals surface area (Å²) in [5, 5.41) is 101. The molecule has 23 nitrogen and oxygen atoms in total. The number of phenols is 1. The van der Waals surface area contributed by atoms with Crippen LogP contribution in [0.1, 0.15) is 94.7 Å². The molecule has 4 aromatic carbocycles. The third-order valence-corrected chi connectivity index (χ3v) is 16.8. The van der Waals surface area contributed by atoms with Crippen LogP contribution in [0.3, 0.4) is 0 Å². The number of carbonyl (C=O) groups excluding carboxylic acids is 7. The molecule has 0 spiro atoms. The Bertz CT molecular complexity index is 3030. The summed E-state index contributed by atoms with van der Waals surface area (Å²) in [6.45, 7) is 6.45. The highest BCUT2D eigenvalue weighted by atomic mass is 16.5. The SMILES string of the molecule is CCCCCOc1ccc(-c2ccc(-c3ccc(C(=O)C[C@H]4C[C@@H](O)[C@@H](NCC[N+](C)(C)C)NC(=O)[C@@H]5[C@@H](O)[C@@H](C)CN5C(=O)[C@H]([C@@H](C)O)NC(=O)[C@H]([C@H](O)[C@@H](O)c5ccc(O)cc5)CC(=O)[C@@H]5C[C@@H](O)CN5C(=O)[C@H]([C@@H](C)O)NC4=O)cc3)cc2)cc1. The van der Waals surface area contributed by atoms with Gasteiger partial charge in [-0.2, -0.15) is 0 Å². The van der Waals surface area contributed by atoms with E-state index in [1.165, 1.54) is 31.2 Å². The number of aromatic hydroxyl groups is 1. The highest BCUT2D eigenvalue weighted by Crippen LogP contribution is 2.33. The van der Waals surface area contributed by atoms with Gasteiger partial charge in [0.2, 0.25) is 29.5 Å². The predicted molar refractivity (Wildman–Crippen MR) is 324 cm³/mol. The van der Waals surface area contributed by atoms with Crippen LogP contribution in [0.4, 0.5) is 0 Å². The molecule has 478 valence electrons. The smallest absolute Gasteiger partial charge is 0.248 e. The molecule has 3 fully saturated rings. The summed E-state index contributed by atoms with van der Waals surface area (Å²) in [5.74, 6) is -10.6. The molecule has 12 N–H and O–H groups in total. The van der Waals surface area contributed by atoms with Crippen molar-refractivity contribution >= 4 is 41.1 Å². The molecule has 15 atom stereocenters. The minimum Gasteiger partial charge on any atom is -0.508 e. The van der Waals surface area contributed by atoms with Gasteiger partial charge < -0.3 is 75.8 Å². The topological polar surface area (TPSA) is 345 Å². The van der Waals surface area contributed by atoms with Crippen molar-refractivity contribution < 1.29 is 83.6 Å². The van der Waals surface area contributed by atoms with E-state index in [0.29, 0.717) is 17.6 Å². The molecule has 0 aliphatic carbocycles. The fourth-order valence-corrected chi connectivity index (χ4v) is 11.5. The summed E-state index contributed by atoms with van der Waals surface area (Å²) in [4.78, 5) is 105. The number of Topliss-reactive ketones (excluding diaryl/α,β-unsaturated/α-hetero) is 2. The van der Waals surface area contributed by atoms with Crippen molar-refractivity contribution in [3.63, 3.8) is 0 Å². The van der Waals surface area contributed by atoms with Gasteiger partial charge >= 0.3 is 0 Å². The van der Waals surface area contributed by atoms with Gasteiger partial charge in [0.25, 0.3) is 0 Å². The minimum atomic E-state index is -2.16. The van der Waals surface area contributed by atoms with E-state index in [4.69, 9.17) is 4.74 Å². The molecular formula is C65H88N7O16+. The van der Waals surface area contributed by atoms with Gasteiger partial charge in [0.1, 0.15) is 41.9 Å². The number of phenolic OH excluding ortho intramolecular Hbond substituents is 1. The number of fused-ring (bicyclic) bond motifs is 2. The van der Waals surface area contributed by atoms with Gasteiger partial charge in [-0.05, 0) is 78.8 Å². The Morgan fingerprint density at radius 1 is 0.693 bits per heavy atom. The number of carbonyl (C=O) groups is 7. The Labute approximate surface area is 513 Å². The van der Waals surface area contributed by atoms with E-state index in [-0.39, 0.29) is 30.0 Å². The Hall–Kier alpha value is -7.19. The highest BCUT2D eigenvalue weighted by Gasteiger charge is 2.50. The third kappa shape index (κ3) is 17.4. The number of hydrogen-bond donors (Lipinski definition) is 12. The maximum atomic E-state index is 14.9. The molecule has 7 rings (SSSR count). The number of nitrogens with zero attached hydrogens (tertiary/aromatic N) is 3. The Balaban J connectivity index is 1.23. The summed E-state index contributed by atoms with van der Waals surface area (Å²) < 4.78 is 6.29. The van der Waals surface area contributed by atoms with E-state index >= 15 is 0 Å². The van der Waals surface area contributed by atoms with Gasteiger partial charge in [-0.15, -0.1) is 0 Å². The number of aliphatic hydroxyl groups excluding tert-OH is 7. The van der Waals surface area contributed by atoms with Crippen LogP contribution in [-0.4, -0.2) is 217 Å². The lowest BCUT2D eigenvalue weighted by Gasteiger charge is -2.34. The number of benzene rings is 4. The van der Waals surface area contributed by atoms with E-state index in [2.05, 4.69) is 28.2 Å². The lowest BCUT2D eigenvalue weighted by atomic mass is 9.86. The molecule has 23 heteroatoms. The monoisotopic (exact) mass is 1220 g/mol.